The number of carbonyl (C=O) groups excluding carboxylic acids is 1. The molecule has 1 aromatic carbocycles. The van der Waals surface area contributed by atoms with Crippen molar-refractivity contribution in [2.75, 3.05) is 14.2 Å². The summed E-state index contributed by atoms with van der Waals surface area (Å²) in [6.45, 7) is 2.99. The zero-order valence-electron chi connectivity index (χ0n) is 10.9. The summed E-state index contributed by atoms with van der Waals surface area (Å²) in [5.74, 6) is 0.764. The summed E-state index contributed by atoms with van der Waals surface area (Å²) in [7, 11) is 2.93. The van der Waals surface area contributed by atoms with Crippen molar-refractivity contribution in [2.45, 2.75) is 26.1 Å². The number of aliphatic imine (C=N–C) groups is 1. The number of nitrogens with zero attached hydrogens (tertiary/aromatic N) is 1. The molecule has 0 atom stereocenters. The number of benzene rings is 1. The fourth-order valence-electron chi connectivity index (χ4n) is 1.68. The molecule has 1 aromatic rings. The molecule has 0 aliphatic rings. The minimum absolute atomic E-state index is 0.132. The second-order valence-corrected chi connectivity index (χ2v) is 4.26. The largest absolute Gasteiger partial charge is 0.493 e. The Balaban J connectivity index is 3.40. The van der Waals surface area contributed by atoms with Gasteiger partial charge in [-0.25, -0.2) is 14.2 Å². The highest BCUT2D eigenvalue weighted by Crippen LogP contribution is 2.40. The molecule has 0 N–H and O–H groups in total. The van der Waals surface area contributed by atoms with E-state index in [2.05, 4.69) is 4.99 Å². The van der Waals surface area contributed by atoms with Crippen molar-refractivity contribution in [2.24, 2.45) is 4.99 Å². The molecule has 18 heavy (non-hydrogen) atoms. The van der Waals surface area contributed by atoms with Crippen LogP contribution in [0.15, 0.2) is 17.1 Å². The van der Waals surface area contributed by atoms with Gasteiger partial charge in [0.2, 0.25) is 6.08 Å². The molecule has 0 spiro atoms. The third kappa shape index (κ3) is 3.08. The predicted octanol–water partition coefficient (Wildman–Crippen LogP) is 2.74. The van der Waals surface area contributed by atoms with Gasteiger partial charge in [-0.2, -0.15) is 0 Å². The predicted molar refractivity (Wildman–Crippen MR) is 65.5 cm³/mol. The molecule has 0 aliphatic carbocycles. The quantitative estimate of drug-likeness (QED) is 0.598. The van der Waals surface area contributed by atoms with Crippen LogP contribution in [-0.2, 0) is 17.0 Å². The van der Waals surface area contributed by atoms with Gasteiger partial charge in [-0.3, -0.25) is 0 Å². The molecule has 0 saturated heterocycles. The lowest BCUT2D eigenvalue weighted by Crippen LogP contribution is -2.12. The molecule has 0 aliphatic heterocycles. The normalized spacial score (nSPS) is 10.7. The van der Waals surface area contributed by atoms with E-state index in [0.29, 0.717) is 22.6 Å². The Labute approximate surface area is 105 Å². The van der Waals surface area contributed by atoms with Crippen molar-refractivity contribution in [1.82, 2.24) is 0 Å². The first-order chi connectivity index (χ1) is 8.43. The van der Waals surface area contributed by atoms with Crippen molar-refractivity contribution in [3.05, 3.63) is 23.3 Å². The maximum absolute atomic E-state index is 14.1. The highest BCUT2D eigenvalue weighted by atomic mass is 19.1. The van der Waals surface area contributed by atoms with Gasteiger partial charge in [0.05, 0.1) is 20.8 Å². The highest BCUT2D eigenvalue weighted by Gasteiger charge is 2.26. The van der Waals surface area contributed by atoms with Crippen LogP contribution in [0.3, 0.4) is 0 Å². The molecule has 0 radical (unpaired) electrons. The van der Waals surface area contributed by atoms with E-state index in [0.717, 1.165) is 0 Å². The third-order valence-corrected chi connectivity index (χ3v) is 2.51. The molecular formula is C13H16FNO3. The fourth-order valence-corrected chi connectivity index (χ4v) is 1.68. The molecular weight excluding hydrogens is 237 g/mol. The number of hydrogen-bond donors (Lipinski definition) is 0. The van der Waals surface area contributed by atoms with Gasteiger partial charge in [0.25, 0.3) is 0 Å². The second-order valence-electron chi connectivity index (χ2n) is 4.26. The van der Waals surface area contributed by atoms with Crippen molar-refractivity contribution in [3.8, 4) is 11.5 Å². The van der Waals surface area contributed by atoms with Crippen LogP contribution in [0.4, 0.5) is 4.39 Å². The van der Waals surface area contributed by atoms with Gasteiger partial charge in [-0.05, 0) is 31.5 Å². The van der Waals surface area contributed by atoms with Gasteiger partial charge >= 0.3 is 0 Å². The van der Waals surface area contributed by atoms with E-state index in [-0.39, 0.29) is 6.54 Å². The minimum atomic E-state index is -1.58. The van der Waals surface area contributed by atoms with Crippen molar-refractivity contribution in [1.29, 1.82) is 0 Å². The van der Waals surface area contributed by atoms with E-state index >= 15 is 0 Å². The van der Waals surface area contributed by atoms with E-state index in [9.17, 15) is 9.18 Å². The van der Waals surface area contributed by atoms with Crippen LogP contribution in [0.25, 0.3) is 0 Å². The third-order valence-electron chi connectivity index (χ3n) is 2.51. The van der Waals surface area contributed by atoms with E-state index in [1.807, 2.05) is 0 Å². The van der Waals surface area contributed by atoms with E-state index in [4.69, 9.17) is 9.47 Å². The average molecular weight is 253 g/mol. The first-order valence-corrected chi connectivity index (χ1v) is 5.42. The molecule has 4 nitrogen and oxygen atoms in total. The Morgan fingerprint density at radius 2 is 2.00 bits per heavy atom. The first-order valence-electron chi connectivity index (χ1n) is 5.42. The zero-order valence-corrected chi connectivity index (χ0v) is 10.9. The summed E-state index contributed by atoms with van der Waals surface area (Å²) in [6.07, 6.45) is 1.45. The summed E-state index contributed by atoms with van der Waals surface area (Å²) >= 11 is 0. The van der Waals surface area contributed by atoms with Crippen LogP contribution in [0.2, 0.25) is 0 Å². The molecule has 0 fully saturated rings. The fraction of sp³-hybridized carbons (Fsp3) is 0.462. The van der Waals surface area contributed by atoms with E-state index < -0.39 is 5.67 Å². The highest BCUT2D eigenvalue weighted by molar-refractivity contribution is 5.52. The molecule has 0 saturated carbocycles. The van der Waals surface area contributed by atoms with E-state index in [1.165, 1.54) is 34.1 Å². The molecule has 0 bridgehead atoms. The molecule has 1 rings (SSSR count). The summed E-state index contributed by atoms with van der Waals surface area (Å²) in [4.78, 5) is 13.6. The van der Waals surface area contributed by atoms with Crippen LogP contribution < -0.4 is 9.47 Å². The number of alkyl halides is 1. The van der Waals surface area contributed by atoms with Crippen LogP contribution in [0, 0.1) is 0 Å². The first kappa shape index (κ1) is 14.2. The Hall–Kier alpha value is -1.87. The van der Waals surface area contributed by atoms with Crippen LogP contribution in [0.5, 0.6) is 11.5 Å². The SMILES string of the molecule is COc1cc(CN=C=O)cc(C(C)(C)F)c1OC. The second kappa shape index (κ2) is 5.65. The summed E-state index contributed by atoms with van der Waals surface area (Å²) in [5.41, 5.74) is -0.559. The monoisotopic (exact) mass is 253 g/mol. The van der Waals surface area contributed by atoms with Gasteiger partial charge < -0.3 is 9.47 Å². The van der Waals surface area contributed by atoms with Gasteiger partial charge in [0.15, 0.2) is 11.5 Å². The summed E-state index contributed by atoms with van der Waals surface area (Å²) < 4.78 is 24.5. The summed E-state index contributed by atoms with van der Waals surface area (Å²) in [6, 6.07) is 3.27. The van der Waals surface area contributed by atoms with Crippen LogP contribution in [-0.4, -0.2) is 20.3 Å². The van der Waals surface area contributed by atoms with E-state index in [1.54, 1.807) is 12.1 Å². The number of methoxy groups -OCH3 is 2. The molecule has 0 amide bonds. The Morgan fingerprint density at radius 3 is 2.44 bits per heavy atom. The Bertz CT molecular complexity index is 474. The standard InChI is InChI=1S/C13H16FNO3/c1-13(2,14)10-5-9(7-15-8-16)6-11(17-3)12(10)18-4/h5-6H,7H2,1-4H3. The zero-order chi connectivity index (χ0) is 13.8. The van der Waals surface area contributed by atoms with Crippen molar-refractivity contribution < 1.29 is 18.7 Å². The minimum Gasteiger partial charge on any atom is -0.493 e. The van der Waals surface area contributed by atoms with Gasteiger partial charge in [0.1, 0.15) is 5.67 Å². The topological polar surface area (TPSA) is 47.9 Å². The van der Waals surface area contributed by atoms with Crippen LogP contribution in [0.1, 0.15) is 25.0 Å². The number of isocyanates is 1. The lowest BCUT2D eigenvalue weighted by molar-refractivity contribution is 0.211. The van der Waals surface area contributed by atoms with Gasteiger partial charge in [0, 0.05) is 5.56 Å². The number of hydrogen-bond acceptors (Lipinski definition) is 4. The maximum atomic E-state index is 14.1. The summed E-state index contributed by atoms with van der Waals surface area (Å²) in [5, 5.41) is 0. The average Bonchev–Trinajstić information content (AvgIpc) is 2.33. The number of halogens is 1. The maximum Gasteiger partial charge on any atom is 0.235 e. The van der Waals surface area contributed by atoms with Crippen molar-refractivity contribution in [3.63, 3.8) is 0 Å². The van der Waals surface area contributed by atoms with Crippen molar-refractivity contribution >= 4 is 6.08 Å². The van der Waals surface area contributed by atoms with Crippen LogP contribution >= 0.6 is 0 Å². The molecule has 5 heteroatoms. The Kier molecular flexibility index (Phi) is 4.45. The smallest absolute Gasteiger partial charge is 0.235 e. The number of rotatable bonds is 5. The van der Waals surface area contributed by atoms with Gasteiger partial charge in [-0.1, -0.05) is 0 Å². The molecule has 98 valence electrons. The van der Waals surface area contributed by atoms with Gasteiger partial charge in [-0.15, -0.1) is 0 Å². The lowest BCUT2D eigenvalue weighted by atomic mass is 9.96. The molecule has 0 aromatic heterocycles. The number of ether oxygens (including phenoxy) is 2. The Morgan fingerprint density at radius 1 is 1.33 bits per heavy atom. The molecule has 0 unspecified atom stereocenters. The molecule has 0 heterocycles. The lowest BCUT2D eigenvalue weighted by Gasteiger charge is -2.21.